The van der Waals surface area contributed by atoms with Gasteiger partial charge in [-0.3, -0.25) is 0 Å². The Morgan fingerprint density at radius 2 is 2.11 bits per heavy atom. The van der Waals surface area contributed by atoms with Crippen LogP contribution in [0, 0.1) is 5.92 Å². The third-order valence-corrected chi connectivity index (χ3v) is 3.79. The zero-order chi connectivity index (χ0) is 13.6. The van der Waals surface area contributed by atoms with Gasteiger partial charge < -0.3 is 10.5 Å². The van der Waals surface area contributed by atoms with Crippen LogP contribution in [0.25, 0.3) is 0 Å². The lowest BCUT2D eigenvalue weighted by Crippen LogP contribution is -2.44. The van der Waals surface area contributed by atoms with Crippen LogP contribution >= 0.6 is 0 Å². The Morgan fingerprint density at radius 1 is 1.39 bits per heavy atom. The summed E-state index contributed by atoms with van der Waals surface area (Å²) in [5.74, 6) is 0.680. The predicted molar refractivity (Wildman–Crippen MR) is 65.3 cm³/mol. The maximum absolute atomic E-state index is 11.9. The van der Waals surface area contributed by atoms with E-state index in [4.69, 9.17) is 5.73 Å². The Morgan fingerprint density at radius 3 is 2.72 bits per heavy atom. The summed E-state index contributed by atoms with van der Waals surface area (Å²) < 4.78 is 40.2. The number of alkyl halides is 3. The Bertz CT molecular complexity index is 245. The van der Waals surface area contributed by atoms with Crippen LogP contribution in [-0.4, -0.2) is 24.9 Å². The number of halogens is 3. The van der Waals surface area contributed by atoms with E-state index in [1.54, 1.807) is 0 Å². The first-order chi connectivity index (χ1) is 8.35. The van der Waals surface area contributed by atoms with Gasteiger partial charge in [0.05, 0.1) is 0 Å². The van der Waals surface area contributed by atoms with Crippen molar-refractivity contribution in [3.05, 3.63) is 0 Å². The molecule has 2 atom stereocenters. The molecule has 0 aliphatic heterocycles. The highest BCUT2D eigenvalue weighted by Gasteiger charge is 2.32. The number of hydrogen-bond acceptors (Lipinski definition) is 2. The van der Waals surface area contributed by atoms with E-state index in [0.29, 0.717) is 12.3 Å². The van der Waals surface area contributed by atoms with Crippen LogP contribution < -0.4 is 5.73 Å². The van der Waals surface area contributed by atoms with Gasteiger partial charge in [0.1, 0.15) is 6.61 Å². The summed E-state index contributed by atoms with van der Waals surface area (Å²) in [6.07, 6.45) is 2.66. The molecule has 0 amide bonds. The van der Waals surface area contributed by atoms with Crippen molar-refractivity contribution in [1.82, 2.24) is 0 Å². The van der Waals surface area contributed by atoms with Crippen molar-refractivity contribution in [2.24, 2.45) is 11.7 Å². The number of nitrogens with two attached hydrogens (primary N) is 1. The van der Waals surface area contributed by atoms with Gasteiger partial charge in [-0.25, -0.2) is 0 Å². The van der Waals surface area contributed by atoms with Gasteiger partial charge in [0, 0.05) is 12.1 Å². The van der Waals surface area contributed by atoms with Gasteiger partial charge in [0.2, 0.25) is 0 Å². The van der Waals surface area contributed by atoms with Crippen molar-refractivity contribution in [1.29, 1.82) is 0 Å². The van der Waals surface area contributed by atoms with Crippen molar-refractivity contribution in [3.8, 4) is 0 Å². The fraction of sp³-hybridized carbons (Fsp3) is 1.00. The Hall–Kier alpha value is -0.290. The summed E-state index contributed by atoms with van der Waals surface area (Å²) >= 11 is 0. The molecule has 2 N–H and O–H groups in total. The summed E-state index contributed by atoms with van der Waals surface area (Å²) in [6.45, 7) is 1.17. The quantitative estimate of drug-likeness (QED) is 0.746. The number of ether oxygens (including phenoxy) is 1. The number of hydrogen-bond donors (Lipinski definition) is 1. The van der Waals surface area contributed by atoms with Crippen LogP contribution in [0.1, 0.15) is 51.9 Å². The monoisotopic (exact) mass is 267 g/mol. The van der Waals surface area contributed by atoms with Gasteiger partial charge in [-0.15, -0.1) is 0 Å². The first-order valence-electron chi connectivity index (χ1n) is 6.78. The lowest BCUT2D eigenvalue weighted by Gasteiger charge is -2.38. The molecule has 0 radical (unpaired) electrons. The van der Waals surface area contributed by atoms with Gasteiger partial charge >= 0.3 is 6.18 Å². The van der Waals surface area contributed by atoms with E-state index in [-0.39, 0.29) is 12.1 Å². The molecule has 2 nitrogen and oxygen atoms in total. The summed E-state index contributed by atoms with van der Waals surface area (Å²) in [4.78, 5) is 0. The van der Waals surface area contributed by atoms with Gasteiger partial charge in [-0.2, -0.15) is 13.2 Å². The molecule has 18 heavy (non-hydrogen) atoms. The molecule has 0 heterocycles. The van der Waals surface area contributed by atoms with Crippen molar-refractivity contribution >= 4 is 0 Å². The van der Waals surface area contributed by atoms with Gasteiger partial charge in [0.25, 0.3) is 0 Å². The highest BCUT2D eigenvalue weighted by molar-refractivity contribution is 4.90. The van der Waals surface area contributed by atoms with Crippen LogP contribution in [0.3, 0.4) is 0 Å². The van der Waals surface area contributed by atoms with Crippen molar-refractivity contribution in [3.63, 3.8) is 0 Å². The second-order valence-corrected chi connectivity index (χ2v) is 5.50. The second-order valence-electron chi connectivity index (χ2n) is 5.50. The van der Waals surface area contributed by atoms with Crippen molar-refractivity contribution in [2.75, 3.05) is 13.2 Å². The molecule has 0 aromatic carbocycles. The van der Waals surface area contributed by atoms with Gasteiger partial charge in [-0.05, 0) is 31.6 Å². The summed E-state index contributed by atoms with van der Waals surface area (Å²) in [5.41, 5.74) is 6.14. The minimum atomic E-state index is -4.22. The van der Waals surface area contributed by atoms with Crippen LogP contribution in [0.15, 0.2) is 0 Å². The smallest absolute Gasteiger partial charge is 0.372 e. The third-order valence-electron chi connectivity index (χ3n) is 3.79. The normalized spacial score (nSPS) is 29.5. The van der Waals surface area contributed by atoms with Crippen LogP contribution in [0.5, 0.6) is 0 Å². The van der Waals surface area contributed by atoms with E-state index in [1.807, 2.05) is 0 Å². The molecule has 0 spiro atoms. The van der Waals surface area contributed by atoms with Crippen LogP contribution in [0.2, 0.25) is 0 Å². The number of rotatable bonds is 6. The average molecular weight is 267 g/mol. The van der Waals surface area contributed by atoms with E-state index >= 15 is 0 Å². The Balaban J connectivity index is 2.17. The maximum atomic E-state index is 11.9. The highest BCUT2D eigenvalue weighted by atomic mass is 19.4. The second kappa shape index (κ2) is 6.75. The maximum Gasteiger partial charge on any atom is 0.411 e. The highest BCUT2D eigenvalue weighted by Crippen LogP contribution is 2.35. The van der Waals surface area contributed by atoms with Gasteiger partial charge in [-0.1, -0.05) is 26.2 Å². The van der Waals surface area contributed by atoms with Crippen LogP contribution in [0.4, 0.5) is 13.2 Å². The van der Waals surface area contributed by atoms with Crippen molar-refractivity contribution in [2.45, 2.75) is 63.6 Å². The summed E-state index contributed by atoms with van der Waals surface area (Å²) in [5, 5.41) is 0. The SMILES string of the molecule is CCC1CCCC(N)(CCCOCC(F)(F)F)C1. The molecule has 5 heteroatoms. The third kappa shape index (κ3) is 6.05. The van der Waals surface area contributed by atoms with E-state index < -0.39 is 12.8 Å². The summed E-state index contributed by atoms with van der Waals surface area (Å²) in [6, 6.07) is 0. The van der Waals surface area contributed by atoms with E-state index in [9.17, 15) is 13.2 Å². The lowest BCUT2D eigenvalue weighted by atomic mass is 9.73. The molecular formula is C13H24F3NO. The van der Waals surface area contributed by atoms with Crippen molar-refractivity contribution < 1.29 is 17.9 Å². The standard InChI is InChI=1S/C13H24F3NO/c1-2-11-5-3-6-12(17,9-11)7-4-8-18-10-13(14,15)16/h11H,2-10,17H2,1H3. The van der Waals surface area contributed by atoms with E-state index in [2.05, 4.69) is 11.7 Å². The predicted octanol–water partition coefficient (Wildman–Crippen LogP) is 3.64. The largest absolute Gasteiger partial charge is 0.411 e. The fourth-order valence-electron chi connectivity index (χ4n) is 2.81. The van der Waals surface area contributed by atoms with E-state index in [1.165, 1.54) is 6.42 Å². The van der Waals surface area contributed by atoms with Crippen LogP contribution in [-0.2, 0) is 4.74 Å². The molecule has 2 unspecified atom stereocenters. The molecule has 1 saturated carbocycles. The fourth-order valence-corrected chi connectivity index (χ4v) is 2.81. The molecule has 1 rings (SSSR count). The molecule has 1 aliphatic carbocycles. The molecule has 0 aromatic heterocycles. The molecule has 0 bridgehead atoms. The minimum Gasteiger partial charge on any atom is -0.372 e. The minimum absolute atomic E-state index is 0.148. The molecule has 1 aliphatic rings. The zero-order valence-corrected chi connectivity index (χ0v) is 11.1. The Kier molecular flexibility index (Phi) is 5.92. The molecule has 0 saturated heterocycles. The first kappa shape index (κ1) is 15.8. The summed E-state index contributed by atoms with van der Waals surface area (Å²) in [7, 11) is 0. The average Bonchev–Trinajstić information content (AvgIpc) is 2.27. The van der Waals surface area contributed by atoms with E-state index in [0.717, 1.165) is 32.1 Å². The Labute approximate surface area is 107 Å². The molecule has 1 fully saturated rings. The zero-order valence-electron chi connectivity index (χ0n) is 11.1. The van der Waals surface area contributed by atoms with Gasteiger partial charge in [0.15, 0.2) is 0 Å². The molecular weight excluding hydrogens is 243 g/mol. The first-order valence-corrected chi connectivity index (χ1v) is 6.78. The topological polar surface area (TPSA) is 35.2 Å². The molecule has 108 valence electrons. The molecule has 0 aromatic rings. The lowest BCUT2D eigenvalue weighted by molar-refractivity contribution is -0.174.